The zero-order valence-corrected chi connectivity index (χ0v) is 8.38. The Labute approximate surface area is 80.8 Å². The number of rotatable bonds is 4. The molecule has 0 spiro atoms. The molecule has 1 aliphatic rings. The van der Waals surface area contributed by atoms with Gasteiger partial charge in [-0.2, -0.15) is 0 Å². The summed E-state index contributed by atoms with van der Waals surface area (Å²) < 4.78 is 5.73. The van der Waals surface area contributed by atoms with Crippen molar-refractivity contribution in [3.63, 3.8) is 0 Å². The molecule has 0 aromatic heterocycles. The Balaban J connectivity index is 2.15. The molecule has 1 rings (SSSR count). The van der Waals surface area contributed by atoms with Crippen molar-refractivity contribution in [2.45, 2.75) is 38.7 Å². The molecule has 2 N–H and O–H groups in total. The molecule has 0 aromatic rings. The average Bonchev–Trinajstić information content (AvgIpc) is 2.60. The minimum Gasteiger partial charge on any atom is -0.377 e. The van der Waals surface area contributed by atoms with Gasteiger partial charge in [0.15, 0.2) is 0 Å². The lowest BCUT2D eigenvalue weighted by atomic mass is 10.1. The predicted octanol–water partition coefficient (Wildman–Crippen LogP) is 1.54. The smallest absolute Gasteiger partial charge is 0.0615 e. The molecule has 0 aliphatic heterocycles. The second-order valence-corrected chi connectivity index (χ2v) is 3.51. The summed E-state index contributed by atoms with van der Waals surface area (Å²) in [5, 5.41) is 0. The highest BCUT2D eigenvalue weighted by Crippen LogP contribution is 2.27. The van der Waals surface area contributed by atoms with Gasteiger partial charge in [0.1, 0.15) is 0 Å². The molecule has 74 valence electrons. The fraction of sp³-hybridized carbons (Fsp3) is 0.818. The third-order valence-corrected chi connectivity index (χ3v) is 2.63. The second kappa shape index (κ2) is 6.01. The molecule has 2 atom stereocenters. The lowest BCUT2D eigenvalue weighted by Gasteiger charge is -2.17. The predicted molar refractivity (Wildman–Crippen MR) is 54.2 cm³/mol. The summed E-state index contributed by atoms with van der Waals surface area (Å²) in [7, 11) is 0. The Morgan fingerprint density at radius 1 is 1.46 bits per heavy atom. The Kier molecular flexibility index (Phi) is 4.88. The molecule has 0 heterocycles. The highest BCUT2D eigenvalue weighted by molar-refractivity contribution is 4.94. The Morgan fingerprint density at radius 2 is 2.31 bits per heavy atom. The van der Waals surface area contributed by atoms with Crippen LogP contribution in [0.5, 0.6) is 0 Å². The van der Waals surface area contributed by atoms with Gasteiger partial charge >= 0.3 is 0 Å². The van der Waals surface area contributed by atoms with Crippen molar-refractivity contribution in [1.82, 2.24) is 0 Å². The zero-order chi connectivity index (χ0) is 9.52. The first-order chi connectivity index (χ1) is 6.38. The second-order valence-electron chi connectivity index (χ2n) is 3.51. The van der Waals surface area contributed by atoms with E-state index in [1.165, 1.54) is 19.3 Å². The molecule has 1 saturated carbocycles. The summed E-state index contributed by atoms with van der Waals surface area (Å²) in [6, 6.07) is 0. The first-order valence-corrected chi connectivity index (χ1v) is 5.09. The molecule has 13 heavy (non-hydrogen) atoms. The topological polar surface area (TPSA) is 35.2 Å². The van der Waals surface area contributed by atoms with E-state index in [0.29, 0.717) is 12.0 Å². The van der Waals surface area contributed by atoms with Crippen molar-refractivity contribution >= 4 is 0 Å². The summed E-state index contributed by atoms with van der Waals surface area (Å²) in [5.74, 6) is 6.45. The van der Waals surface area contributed by atoms with E-state index in [1.807, 2.05) is 6.92 Å². The first-order valence-electron chi connectivity index (χ1n) is 5.09. The van der Waals surface area contributed by atoms with Gasteiger partial charge in [-0.25, -0.2) is 0 Å². The molecule has 0 bridgehead atoms. The molecule has 1 fully saturated rings. The van der Waals surface area contributed by atoms with Gasteiger partial charge in [-0.1, -0.05) is 6.42 Å². The maximum absolute atomic E-state index is 5.73. The van der Waals surface area contributed by atoms with E-state index >= 15 is 0 Å². The molecule has 0 saturated heterocycles. The maximum atomic E-state index is 5.73. The summed E-state index contributed by atoms with van der Waals surface area (Å²) in [6.45, 7) is 3.39. The van der Waals surface area contributed by atoms with Crippen molar-refractivity contribution in [3.05, 3.63) is 0 Å². The van der Waals surface area contributed by atoms with E-state index in [9.17, 15) is 0 Å². The van der Waals surface area contributed by atoms with Crippen molar-refractivity contribution < 1.29 is 4.74 Å². The lowest BCUT2D eigenvalue weighted by molar-refractivity contribution is 0.0338. The van der Waals surface area contributed by atoms with Crippen molar-refractivity contribution in [2.24, 2.45) is 11.7 Å². The quantitative estimate of drug-likeness (QED) is 0.527. The largest absolute Gasteiger partial charge is 0.377 e. The average molecular weight is 181 g/mol. The van der Waals surface area contributed by atoms with E-state index < -0.39 is 0 Å². The Morgan fingerprint density at radius 3 is 3.00 bits per heavy atom. The van der Waals surface area contributed by atoms with Gasteiger partial charge < -0.3 is 10.5 Å². The summed E-state index contributed by atoms with van der Waals surface area (Å²) in [6.07, 6.45) is 4.95. The highest BCUT2D eigenvalue weighted by Gasteiger charge is 2.26. The fourth-order valence-electron chi connectivity index (χ4n) is 1.88. The van der Waals surface area contributed by atoms with Crippen molar-refractivity contribution in [1.29, 1.82) is 0 Å². The third kappa shape index (κ3) is 3.38. The molecular formula is C11H19NO. The van der Waals surface area contributed by atoms with Crippen LogP contribution in [0, 0.1) is 17.8 Å². The van der Waals surface area contributed by atoms with Crippen molar-refractivity contribution in [3.8, 4) is 11.8 Å². The van der Waals surface area contributed by atoms with Crippen molar-refractivity contribution in [2.75, 3.05) is 13.2 Å². The van der Waals surface area contributed by atoms with Crippen LogP contribution in [0.15, 0.2) is 0 Å². The number of hydrogen-bond donors (Lipinski definition) is 1. The molecule has 2 heteroatoms. The minimum absolute atomic E-state index is 0.406. The van der Waals surface area contributed by atoms with Crippen LogP contribution in [-0.4, -0.2) is 19.3 Å². The number of ether oxygens (including phenoxy) is 1. The zero-order valence-electron chi connectivity index (χ0n) is 8.38. The SMILES string of the molecule is CC#CCCOC1CCCC1CN. The molecular weight excluding hydrogens is 162 g/mol. The van der Waals surface area contributed by atoms with Crippen LogP contribution in [0.25, 0.3) is 0 Å². The fourth-order valence-corrected chi connectivity index (χ4v) is 1.88. The minimum atomic E-state index is 0.406. The van der Waals surface area contributed by atoms with E-state index in [0.717, 1.165) is 19.6 Å². The van der Waals surface area contributed by atoms with E-state index in [4.69, 9.17) is 10.5 Å². The number of hydrogen-bond acceptors (Lipinski definition) is 2. The molecule has 0 amide bonds. The molecule has 2 unspecified atom stereocenters. The van der Waals surface area contributed by atoms with E-state index in [1.54, 1.807) is 0 Å². The van der Waals surface area contributed by atoms with Crippen LogP contribution in [0.4, 0.5) is 0 Å². The Bertz CT molecular complexity index is 192. The van der Waals surface area contributed by atoms with Gasteiger partial charge in [0.2, 0.25) is 0 Å². The van der Waals surface area contributed by atoms with Gasteiger partial charge in [-0.05, 0) is 32.2 Å². The lowest BCUT2D eigenvalue weighted by Crippen LogP contribution is -2.25. The molecule has 0 radical (unpaired) electrons. The van der Waals surface area contributed by atoms with Crippen LogP contribution < -0.4 is 5.73 Å². The summed E-state index contributed by atoms with van der Waals surface area (Å²) >= 11 is 0. The van der Waals surface area contributed by atoms with Gasteiger partial charge in [0.25, 0.3) is 0 Å². The van der Waals surface area contributed by atoms with Crippen LogP contribution >= 0.6 is 0 Å². The molecule has 0 aromatic carbocycles. The summed E-state index contributed by atoms with van der Waals surface area (Å²) in [5.41, 5.74) is 5.65. The standard InChI is InChI=1S/C11H19NO/c1-2-3-4-8-13-11-7-5-6-10(11)9-12/h10-11H,4-9,12H2,1H3. The molecule has 1 aliphatic carbocycles. The van der Waals surface area contributed by atoms with Crippen LogP contribution in [0.1, 0.15) is 32.6 Å². The Hall–Kier alpha value is -0.520. The van der Waals surface area contributed by atoms with Crippen LogP contribution in [-0.2, 0) is 4.74 Å². The van der Waals surface area contributed by atoms with Gasteiger partial charge in [0.05, 0.1) is 12.7 Å². The molecule has 2 nitrogen and oxygen atoms in total. The van der Waals surface area contributed by atoms with Crippen LogP contribution in [0.3, 0.4) is 0 Å². The van der Waals surface area contributed by atoms with Gasteiger partial charge in [-0.3, -0.25) is 0 Å². The van der Waals surface area contributed by atoms with E-state index in [2.05, 4.69) is 11.8 Å². The van der Waals surface area contributed by atoms with Gasteiger partial charge in [0, 0.05) is 6.42 Å². The number of nitrogens with two attached hydrogens (primary N) is 1. The highest BCUT2D eigenvalue weighted by atomic mass is 16.5. The van der Waals surface area contributed by atoms with Gasteiger partial charge in [-0.15, -0.1) is 11.8 Å². The normalized spacial score (nSPS) is 26.9. The van der Waals surface area contributed by atoms with E-state index in [-0.39, 0.29) is 0 Å². The third-order valence-electron chi connectivity index (χ3n) is 2.63. The first kappa shape index (κ1) is 10.6. The summed E-state index contributed by atoms with van der Waals surface area (Å²) in [4.78, 5) is 0. The maximum Gasteiger partial charge on any atom is 0.0615 e. The monoisotopic (exact) mass is 181 g/mol. The van der Waals surface area contributed by atoms with Crippen LogP contribution in [0.2, 0.25) is 0 Å².